The Kier molecular flexibility index (Phi) is 4.04. The van der Waals surface area contributed by atoms with Gasteiger partial charge in [0.1, 0.15) is 18.1 Å². The van der Waals surface area contributed by atoms with Gasteiger partial charge in [0.05, 0.1) is 34.5 Å². The van der Waals surface area contributed by atoms with Crippen molar-refractivity contribution in [2.24, 2.45) is 0 Å². The SMILES string of the molecule is CCOc1ccccc1NS(=O)(=O)c1ccc2c(c1)-c1oncc1CO2. The largest absolute Gasteiger partial charge is 0.492 e. The lowest BCUT2D eigenvalue weighted by atomic mass is 10.1. The van der Waals surface area contributed by atoms with Gasteiger partial charge in [0.25, 0.3) is 10.0 Å². The third kappa shape index (κ3) is 2.88. The Morgan fingerprint density at radius 2 is 2.08 bits per heavy atom. The Morgan fingerprint density at radius 1 is 1.23 bits per heavy atom. The highest BCUT2D eigenvalue weighted by Gasteiger charge is 2.25. The number of hydrogen-bond acceptors (Lipinski definition) is 6. The molecule has 0 atom stereocenters. The van der Waals surface area contributed by atoms with Gasteiger partial charge >= 0.3 is 0 Å². The lowest BCUT2D eigenvalue weighted by Crippen LogP contribution is -2.14. The van der Waals surface area contributed by atoms with Crippen LogP contribution in [0.2, 0.25) is 0 Å². The molecule has 4 rings (SSSR count). The highest BCUT2D eigenvalue weighted by molar-refractivity contribution is 7.92. The molecule has 1 aromatic heterocycles. The molecule has 3 aromatic rings. The number of anilines is 1. The first-order chi connectivity index (χ1) is 12.6. The molecular formula is C18H16N2O5S. The summed E-state index contributed by atoms with van der Waals surface area (Å²) in [5, 5.41) is 3.76. The van der Waals surface area contributed by atoms with E-state index >= 15 is 0 Å². The van der Waals surface area contributed by atoms with Crippen LogP contribution in [0.5, 0.6) is 11.5 Å². The lowest BCUT2D eigenvalue weighted by Gasteiger charge is -2.17. The molecule has 2 aromatic carbocycles. The van der Waals surface area contributed by atoms with Gasteiger partial charge in [-0.3, -0.25) is 4.72 Å². The average molecular weight is 372 g/mol. The van der Waals surface area contributed by atoms with E-state index in [1.54, 1.807) is 36.5 Å². The molecule has 1 aliphatic heterocycles. The second-order valence-corrected chi connectivity index (χ2v) is 7.34. The third-order valence-electron chi connectivity index (χ3n) is 3.96. The summed E-state index contributed by atoms with van der Waals surface area (Å²) in [5.74, 6) is 1.55. The van der Waals surface area contributed by atoms with Gasteiger partial charge in [-0.25, -0.2) is 8.42 Å². The first-order valence-electron chi connectivity index (χ1n) is 8.04. The highest BCUT2D eigenvalue weighted by Crippen LogP contribution is 2.39. The van der Waals surface area contributed by atoms with Gasteiger partial charge in [0.2, 0.25) is 0 Å². The quantitative estimate of drug-likeness (QED) is 0.738. The van der Waals surface area contributed by atoms with Crippen molar-refractivity contribution in [2.45, 2.75) is 18.4 Å². The van der Waals surface area contributed by atoms with E-state index in [4.69, 9.17) is 14.0 Å². The summed E-state index contributed by atoms with van der Waals surface area (Å²) in [6, 6.07) is 11.5. The molecule has 0 saturated heterocycles. The van der Waals surface area contributed by atoms with Crippen molar-refractivity contribution in [1.82, 2.24) is 5.16 Å². The van der Waals surface area contributed by atoms with Gasteiger partial charge in [0.15, 0.2) is 5.76 Å². The number of aromatic nitrogens is 1. The number of fused-ring (bicyclic) bond motifs is 3. The molecule has 2 heterocycles. The zero-order chi connectivity index (χ0) is 18.1. The Morgan fingerprint density at radius 3 is 2.92 bits per heavy atom. The van der Waals surface area contributed by atoms with Crippen LogP contribution in [-0.4, -0.2) is 20.2 Å². The van der Waals surface area contributed by atoms with E-state index < -0.39 is 10.0 Å². The molecule has 0 unspecified atom stereocenters. The van der Waals surface area contributed by atoms with Crippen LogP contribution in [0.3, 0.4) is 0 Å². The zero-order valence-electron chi connectivity index (χ0n) is 13.9. The second kappa shape index (κ2) is 6.38. The molecule has 0 amide bonds. The van der Waals surface area contributed by atoms with Crippen LogP contribution >= 0.6 is 0 Å². The minimum absolute atomic E-state index is 0.0930. The van der Waals surface area contributed by atoms with Gasteiger partial charge in [-0.2, -0.15) is 0 Å². The van der Waals surface area contributed by atoms with Crippen molar-refractivity contribution in [3.63, 3.8) is 0 Å². The molecule has 1 N–H and O–H groups in total. The molecule has 0 aliphatic carbocycles. The van der Waals surface area contributed by atoms with E-state index in [1.807, 2.05) is 6.92 Å². The van der Waals surface area contributed by atoms with Crippen molar-refractivity contribution in [3.8, 4) is 22.8 Å². The molecule has 0 saturated carbocycles. The van der Waals surface area contributed by atoms with Crippen LogP contribution in [0.1, 0.15) is 12.5 Å². The topological polar surface area (TPSA) is 90.7 Å². The minimum atomic E-state index is -3.82. The molecular weight excluding hydrogens is 356 g/mol. The number of ether oxygens (including phenoxy) is 2. The third-order valence-corrected chi connectivity index (χ3v) is 5.33. The van der Waals surface area contributed by atoms with Crippen LogP contribution in [0, 0.1) is 0 Å². The maximum Gasteiger partial charge on any atom is 0.262 e. The maximum absolute atomic E-state index is 12.8. The van der Waals surface area contributed by atoms with Gasteiger partial charge in [-0.1, -0.05) is 17.3 Å². The van der Waals surface area contributed by atoms with Gasteiger partial charge in [0, 0.05) is 0 Å². The van der Waals surface area contributed by atoms with Crippen molar-refractivity contribution in [3.05, 3.63) is 54.2 Å². The Balaban J connectivity index is 1.71. The predicted molar refractivity (Wildman–Crippen MR) is 94.7 cm³/mol. The summed E-state index contributed by atoms with van der Waals surface area (Å²) in [4.78, 5) is 0.0930. The van der Waals surface area contributed by atoms with E-state index in [-0.39, 0.29) is 4.90 Å². The van der Waals surface area contributed by atoms with E-state index in [0.717, 1.165) is 5.56 Å². The van der Waals surface area contributed by atoms with Crippen LogP contribution in [0.25, 0.3) is 11.3 Å². The Labute approximate surface area is 150 Å². The molecule has 26 heavy (non-hydrogen) atoms. The number of para-hydroxylation sites is 2. The van der Waals surface area contributed by atoms with Gasteiger partial charge < -0.3 is 14.0 Å². The molecule has 7 nitrogen and oxygen atoms in total. The molecule has 0 bridgehead atoms. The van der Waals surface area contributed by atoms with E-state index in [2.05, 4.69) is 9.88 Å². The van der Waals surface area contributed by atoms with Crippen molar-refractivity contribution in [2.75, 3.05) is 11.3 Å². The summed E-state index contributed by atoms with van der Waals surface area (Å²) in [7, 11) is -3.82. The van der Waals surface area contributed by atoms with E-state index in [9.17, 15) is 8.42 Å². The van der Waals surface area contributed by atoms with Gasteiger partial charge in [-0.05, 0) is 37.3 Å². The minimum Gasteiger partial charge on any atom is -0.492 e. The maximum atomic E-state index is 12.8. The second-order valence-electron chi connectivity index (χ2n) is 5.66. The van der Waals surface area contributed by atoms with E-state index in [1.165, 1.54) is 12.1 Å². The summed E-state index contributed by atoms with van der Waals surface area (Å²) in [5.41, 5.74) is 1.72. The monoisotopic (exact) mass is 372 g/mol. The standard InChI is InChI=1S/C18H16N2O5S/c1-2-23-17-6-4-3-5-15(17)20-26(21,22)13-7-8-16-14(9-13)18-12(11-24-16)10-19-25-18/h3-10,20H,2,11H2,1H3. The number of hydrogen-bond donors (Lipinski definition) is 1. The van der Waals surface area contributed by atoms with Crippen molar-refractivity contribution in [1.29, 1.82) is 0 Å². The van der Waals surface area contributed by atoms with Crippen molar-refractivity contribution < 1.29 is 22.4 Å². The lowest BCUT2D eigenvalue weighted by molar-refractivity contribution is 0.297. The normalized spacial score (nSPS) is 12.7. The molecule has 1 aliphatic rings. The van der Waals surface area contributed by atoms with Crippen LogP contribution in [0.4, 0.5) is 5.69 Å². The number of nitrogens with one attached hydrogen (secondary N) is 1. The smallest absolute Gasteiger partial charge is 0.262 e. The first-order valence-corrected chi connectivity index (χ1v) is 9.52. The zero-order valence-corrected chi connectivity index (χ0v) is 14.7. The number of rotatable bonds is 5. The molecule has 0 radical (unpaired) electrons. The highest BCUT2D eigenvalue weighted by atomic mass is 32.2. The van der Waals surface area contributed by atoms with E-state index in [0.29, 0.717) is 41.7 Å². The fraction of sp³-hybridized carbons (Fsp3) is 0.167. The summed E-state index contributed by atoms with van der Waals surface area (Å²) < 4.78 is 44.6. The van der Waals surface area contributed by atoms with Gasteiger partial charge in [-0.15, -0.1) is 0 Å². The van der Waals surface area contributed by atoms with Crippen molar-refractivity contribution >= 4 is 15.7 Å². The first kappa shape index (κ1) is 16.5. The molecule has 0 spiro atoms. The summed E-state index contributed by atoms with van der Waals surface area (Å²) >= 11 is 0. The van der Waals surface area contributed by atoms with Crippen LogP contribution in [0.15, 0.2) is 58.1 Å². The Hall–Kier alpha value is -3.00. The summed E-state index contributed by atoms with van der Waals surface area (Å²) in [6.07, 6.45) is 1.57. The fourth-order valence-corrected chi connectivity index (χ4v) is 3.85. The Bertz CT molecular complexity index is 1060. The number of benzene rings is 2. The number of nitrogens with zero attached hydrogens (tertiary/aromatic N) is 1. The van der Waals surface area contributed by atoms with Crippen LogP contribution in [-0.2, 0) is 16.6 Å². The fourth-order valence-electron chi connectivity index (χ4n) is 2.76. The predicted octanol–water partition coefficient (Wildman–Crippen LogP) is 3.43. The summed E-state index contributed by atoms with van der Waals surface area (Å²) in [6.45, 7) is 2.62. The molecule has 0 fully saturated rings. The molecule has 134 valence electrons. The number of sulfonamides is 1. The average Bonchev–Trinajstić information content (AvgIpc) is 3.12. The van der Waals surface area contributed by atoms with Crippen LogP contribution < -0.4 is 14.2 Å². The molecule has 8 heteroatoms.